The fourth-order valence-corrected chi connectivity index (χ4v) is 1.67. The second-order valence-electron chi connectivity index (χ2n) is 2.52. The monoisotopic (exact) mass is 204 g/mol. The fourth-order valence-electron chi connectivity index (χ4n) is 0.808. The Kier molecular flexibility index (Phi) is 4.02. The number of phenols is 1. The lowest BCUT2D eigenvalue weighted by Crippen LogP contribution is -1.91. The van der Waals surface area contributed by atoms with Crippen LogP contribution in [0, 0.1) is 0 Å². The molecule has 1 aromatic rings. The number of phenolic OH excluding ortho intramolecular Hbond substituents is 1. The molecule has 0 aliphatic carbocycles. The largest absolute Gasteiger partial charge is 0.508 e. The summed E-state index contributed by atoms with van der Waals surface area (Å²) >= 11 is 1.37. The topological polar surface area (TPSA) is 20.2 Å². The summed E-state index contributed by atoms with van der Waals surface area (Å²) in [6, 6.07) is 6.52. The molecule has 0 heterocycles. The van der Waals surface area contributed by atoms with Gasteiger partial charge in [0.25, 0.3) is 0 Å². The van der Waals surface area contributed by atoms with E-state index < -0.39 is 6.43 Å². The highest BCUT2D eigenvalue weighted by molar-refractivity contribution is 7.99. The molecule has 0 atom stereocenters. The van der Waals surface area contributed by atoms with Gasteiger partial charge in [-0.05, 0) is 24.3 Å². The van der Waals surface area contributed by atoms with Crippen LogP contribution >= 0.6 is 11.8 Å². The molecule has 0 aliphatic heterocycles. The average molecular weight is 204 g/mol. The summed E-state index contributed by atoms with van der Waals surface area (Å²) in [5, 5.41) is 8.94. The lowest BCUT2D eigenvalue weighted by atomic mass is 10.3. The molecular formula is C9H10F2OS. The number of hydrogen-bond acceptors (Lipinski definition) is 2. The number of hydrogen-bond donors (Lipinski definition) is 1. The summed E-state index contributed by atoms with van der Waals surface area (Å²) in [6.07, 6.45) is -2.32. The van der Waals surface area contributed by atoms with Gasteiger partial charge in [-0.25, -0.2) is 8.78 Å². The summed E-state index contributed by atoms with van der Waals surface area (Å²) < 4.78 is 23.5. The summed E-state index contributed by atoms with van der Waals surface area (Å²) in [5.41, 5.74) is 0. The Balaban J connectivity index is 2.33. The minimum atomic E-state index is -2.23. The first kappa shape index (κ1) is 10.3. The first-order valence-corrected chi connectivity index (χ1v) is 4.87. The van der Waals surface area contributed by atoms with Crippen LogP contribution in [0.2, 0.25) is 0 Å². The van der Waals surface area contributed by atoms with Gasteiger partial charge in [-0.1, -0.05) is 0 Å². The van der Waals surface area contributed by atoms with Crippen LogP contribution in [0.4, 0.5) is 8.78 Å². The van der Waals surface area contributed by atoms with E-state index in [1.807, 2.05) is 0 Å². The van der Waals surface area contributed by atoms with Crippen molar-refractivity contribution in [1.82, 2.24) is 0 Å². The molecule has 1 N–H and O–H groups in total. The molecule has 4 heteroatoms. The maximum absolute atomic E-state index is 11.7. The van der Waals surface area contributed by atoms with Crippen molar-refractivity contribution in [3.05, 3.63) is 24.3 Å². The van der Waals surface area contributed by atoms with E-state index in [1.165, 1.54) is 11.8 Å². The SMILES string of the molecule is Oc1ccc(SCCC(F)F)cc1. The Hall–Kier alpha value is -0.770. The maximum atomic E-state index is 11.7. The van der Waals surface area contributed by atoms with Crippen LogP contribution in [0.1, 0.15) is 6.42 Å². The number of benzene rings is 1. The van der Waals surface area contributed by atoms with E-state index in [-0.39, 0.29) is 12.2 Å². The Morgan fingerprint density at radius 1 is 1.23 bits per heavy atom. The third-order valence-corrected chi connectivity index (χ3v) is 2.49. The van der Waals surface area contributed by atoms with Gasteiger partial charge in [0.1, 0.15) is 5.75 Å². The van der Waals surface area contributed by atoms with Crippen molar-refractivity contribution in [2.24, 2.45) is 0 Å². The number of thioether (sulfide) groups is 1. The van der Waals surface area contributed by atoms with E-state index in [0.29, 0.717) is 5.75 Å². The summed E-state index contributed by atoms with van der Waals surface area (Å²) in [4.78, 5) is 0.901. The molecule has 1 aromatic carbocycles. The van der Waals surface area contributed by atoms with Gasteiger partial charge in [0.05, 0.1) is 0 Å². The van der Waals surface area contributed by atoms with E-state index in [2.05, 4.69) is 0 Å². The van der Waals surface area contributed by atoms with E-state index in [1.54, 1.807) is 24.3 Å². The first-order chi connectivity index (χ1) is 6.18. The molecule has 0 saturated carbocycles. The Morgan fingerprint density at radius 2 is 1.85 bits per heavy atom. The van der Waals surface area contributed by atoms with Gasteiger partial charge in [0.15, 0.2) is 0 Å². The van der Waals surface area contributed by atoms with Crippen LogP contribution in [-0.4, -0.2) is 17.3 Å². The smallest absolute Gasteiger partial charge is 0.239 e. The summed E-state index contributed by atoms with van der Waals surface area (Å²) in [5.74, 6) is 0.598. The molecular weight excluding hydrogens is 194 g/mol. The zero-order valence-electron chi connectivity index (χ0n) is 6.91. The van der Waals surface area contributed by atoms with Crippen molar-refractivity contribution in [2.45, 2.75) is 17.7 Å². The minimum Gasteiger partial charge on any atom is -0.508 e. The molecule has 72 valence electrons. The molecule has 0 aliphatic rings. The van der Waals surface area contributed by atoms with E-state index in [9.17, 15) is 8.78 Å². The van der Waals surface area contributed by atoms with Gasteiger partial charge in [-0.15, -0.1) is 11.8 Å². The van der Waals surface area contributed by atoms with Gasteiger partial charge >= 0.3 is 0 Å². The molecule has 13 heavy (non-hydrogen) atoms. The standard InChI is InChI=1S/C9H10F2OS/c10-9(11)5-6-13-8-3-1-7(12)2-4-8/h1-4,9,12H,5-6H2. The molecule has 0 spiro atoms. The van der Waals surface area contributed by atoms with Crippen LogP contribution in [0.25, 0.3) is 0 Å². The Morgan fingerprint density at radius 3 is 2.38 bits per heavy atom. The van der Waals surface area contributed by atoms with Gasteiger partial charge in [0.2, 0.25) is 6.43 Å². The summed E-state index contributed by atoms with van der Waals surface area (Å²) in [7, 11) is 0. The highest BCUT2D eigenvalue weighted by atomic mass is 32.2. The van der Waals surface area contributed by atoms with Crippen molar-refractivity contribution >= 4 is 11.8 Å². The van der Waals surface area contributed by atoms with Crippen molar-refractivity contribution in [1.29, 1.82) is 0 Å². The lowest BCUT2D eigenvalue weighted by Gasteiger charge is -2.00. The Labute approximate surface area is 79.8 Å². The Bertz CT molecular complexity index is 248. The third kappa shape index (κ3) is 4.12. The molecule has 0 fully saturated rings. The zero-order valence-corrected chi connectivity index (χ0v) is 7.73. The van der Waals surface area contributed by atoms with Crippen molar-refractivity contribution in [3.63, 3.8) is 0 Å². The molecule has 0 radical (unpaired) electrons. The van der Waals surface area contributed by atoms with Crippen molar-refractivity contribution < 1.29 is 13.9 Å². The highest BCUT2D eigenvalue weighted by Crippen LogP contribution is 2.22. The molecule has 0 amide bonds. The van der Waals surface area contributed by atoms with Crippen molar-refractivity contribution in [3.8, 4) is 5.75 Å². The maximum Gasteiger partial charge on any atom is 0.239 e. The second-order valence-corrected chi connectivity index (χ2v) is 3.69. The molecule has 0 aromatic heterocycles. The van der Waals surface area contributed by atoms with Crippen LogP contribution in [-0.2, 0) is 0 Å². The quantitative estimate of drug-likeness (QED) is 0.760. The van der Waals surface area contributed by atoms with E-state index >= 15 is 0 Å². The minimum absolute atomic E-state index is 0.0917. The van der Waals surface area contributed by atoms with Crippen LogP contribution in [0.5, 0.6) is 5.75 Å². The van der Waals surface area contributed by atoms with Gasteiger partial charge in [-0.2, -0.15) is 0 Å². The lowest BCUT2D eigenvalue weighted by molar-refractivity contribution is 0.145. The highest BCUT2D eigenvalue weighted by Gasteiger charge is 2.02. The average Bonchev–Trinajstić information content (AvgIpc) is 2.08. The van der Waals surface area contributed by atoms with Crippen LogP contribution in [0.15, 0.2) is 29.2 Å². The fraction of sp³-hybridized carbons (Fsp3) is 0.333. The van der Waals surface area contributed by atoms with Gasteiger partial charge < -0.3 is 5.11 Å². The predicted molar refractivity (Wildman–Crippen MR) is 49.5 cm³/mol. The van der Waals surface area contributed by atoms with E-state index in [4.69, 9.17) is 5.11 Å². The third-order valence-electron chi connectivity index (χ3n) is 1.44. The predicted octanol–water partition coefficient (Wildman–Crippen LogP) is 3.14. The zero-order chi connectivity index (χ0) is 9.68. The van der Waals surface area contributed by atoms with Crippen LogP contribution < -0.4 is 0 Å². The molecule has 1 nitrogen and oxygen atoms in total. The summed E-state index contributed by atoms with van der Waals surface area (Å²) in [6.45, 7) is 0. The first-order valence-electron chi connectivity index (χ1n) is 3.88. The van der Waals surface area contributed by atoms with Gasteiger partial charge in [-0.3, -0.25) is 0 Å². The molecule has 1 rings (SSSR count). The molecule has 0 saturated heterocycles. The normalized spacial score (nSPS) is 10.7. The number of aromatic hydroxyl groups is 1. The molecule has 0 bridgehead atoms. The second kappa shape index (κ2) is 5.07. The number of rotatable bonds is 4. The molecule has 0 unspecified atom stereocenters. The van der Waals surface area contributed by atoms with Gasteiger partial charge in [0, 0.05) is 17.1 Å². The van der Waals surface area contributed by atoms with E-state index in [0.717, 1.165) is 4.90 Å². The van der Waals surface area contributed by atoms with Crippen LogP contribution in [0.3, 0.4) is 0 Å². The van der Waals surface area contributed by atoms with Crippen molar-refractivity contribution in [2.75, 3.05) is 5.75 Å². The number of alkyl halides is 2. The number of halogens is 2.